The highest BCUT2D eigenvalue weighted by Crippen LogP contribution is 2.16. The molecule has 0 heterocycles. The van der Waals surface area contributed by atoms with Crippen LogP contribution in [0.2, 0.25) is 5.02 Å². The SMILES string of the molecule is CNC(=O)C(C)NC(=O)C(C)Oc1ccc(Cl)cc1. The first kappa shape index (κ1) is 15.3. The van der Waals surface area contributed by atoms with Gasteiger partial charge in [-0.05, 0) is 38.1 Å². The number of carbonyl (C=O) groups is 2. The van der Waals surface area contributed by atoms with Crippen LogP contribution >= 0.6 is 11.6 Å². The quantitative estimate of drug-likeness (QED) is 0.858. The van der Waals surface area contributed by atoms with Gasteiger partial charge in [0.1, 0.15) is 11.8 Å². The molecule has 0 fully saturated rings. The molecular weight excluding hydrogens is 268 g/mol. The molecule has 2 N–H and O–H groups in total. The molecule has 0 aliphatic carbocycles. The highest BCUT2D eigenvalue weighted by Gasteiger charge is 2.19. The molecule has 0 saturated heterocycles. The molecule has 0 radical (unpaired) electrons. The van der Waals surface area contributed by atoms with Crippen molar-refractivity contribution < 1.29 is 14.3 Å². The molecular formula is C13H17ClN2O3. The van der Waals surface area contributed by atoms with E-state index >= 15 is 0 Å². The third kappa shape index (κ3) is 4.79. The highest BCUT2D eigenvalue weighted by molar-refractivity contribution is 6.30. The summed E-state index contributed by atoms with van der Waals surface area (Å²) >= 11 is 5.75. The van der Waals surface area contributed by atoms with Crippen molar-refractivity contribution >= 4 is 23.4 Å². The molecule has 0 aliphatic rings. The van der Waals surface area contributed by atoms with Crippen molar-refractivity contribution in [1.29, 1.82) is 0 Å². The fourth-order valence-corrected chi connectivity index (χ4v) is 1.51. The third-order valence-corrected chi connectivity index (χ3v) is 2.75. The predicted molar refractivity (Wildman–Crippen MR) is 73.2 cm³/mol. The number of halogens is 1. The lowest BCUT2D eigenvalue weighted by molar-refractivity contribution is -0.132. The molecule has 104 valence electrons. The Morgan fingerprint density at radius 3 is 2.26 bits per heavy atom. The standard InChI is InChI=1S/C13H17ClN2O3/c1-8(12(17)15-3)16-13(18)9(2)19-11-6-4-10(14)5-7-11/h4-9H,1-3H3,(H,15,17)(H,16,18). The molecule has 1 rings (SSSR count). The summed E-state index contributed by atoms with van der Waals surface area (Å²) in [5.41, 5.74) is 0. The van der Waals surface area contributed by atoms with Gasteiger partial charge in [-0.2, -0.15) is 0 Å². The van der Waals surface area contributed by atoms with E-state index in [1.54, 1.807) is 38.1 Å². The van der Waals surface area contributed by atoms with Crippen LogP contribution in [0.3, 0.4) is 0 Å². The summed E-state index contributed by atoms with van der Waals surface area (Å²) < 4.78 is 5.44. The van der Waals surface area contributed by atoms with Gasteiger partial charge < -0.3 is 15.4 Å². The number of carbonyl (C=O) groups excluding carboxylic acids is 2. The fourth-order valence-electron chi connectivity index (χ4n) is 1.38. The fraction of sp³-hybridized carbons (Fsp3) is 0.385. The second-order valence-corrected chi connectivity index (χ2v) is 4.49. The van der Waals surface area contributed by atoms with Gasteiger partial charge in [-0.3, -0.25) is 9.59 Å². The van der Waals surface area contributed by atoms with Gasteiger partial charge in [-0.1, -0.05) is 11.6 Å². The lowest BCUT2D eigenvalue weighted by Gasteiger charge is -2.17. The predicted octanol–water partition coefficient (Wildman–Crippen LogP) is 1.36. The number of benzene rings is 1. The first-order chi connectivity index (χ1) is 8.93. The second-order valence-electron chi connectivity index (χ2n) is 4.06. The number of hydrogen-bond donors (Lipinski definition) is 2. The summed E-state index contributed by atoms with van der Waals surface area (Å²) in [5.74, 6) is -0.0715. The van der Waals surface area contributed by atoms with Crippen LogP contribution in [0.1, 0.15) is 13.8 Å². The summed E-state index contributed by atoms with van der Waals surface area (Å²) in [7, 11) is 1.51. The Hall–Kier alpha value is -1.75. The molecule has 6 heteroatoms. The molecule has 0 aromatic heterocycles. The van der Waals surface area contributed by atoms with E-state index in [0.29, 0.717) is 10.8 Å². The van der Waals surface area contributed by atoms with Crippen LogP contribution in [-0.2, 0) is 9.59 Å². The maximum atomic E-state index is 11.8. The Bertz CT molecular complexity index is 448. The van der Waals surface area contributed by atoms with Gasteiger partial charge in [-0.15, -0.1) is 0 Å². The van der Waals surface area contributed by atoms with E-state index in [1.165, 1.54) is 7.05 Å². The van der Waals surface area contributed by atoms with E-state index < -0.39 is 12.1 Å². The van der Waals surface area contributed by atoms with Crippen molar-refractivity contribution in [3.8, 4) is 5.75 Å². The minimum absolute atomic E-state index is 0.257. The maximum Gasteiger partial charge on any atom is 0.261 e. The molecule has 0 aliphatic heterocycles. The number of nitrogens with one attached hydrogen (secondary N) is 2. The lowest BCUT2D eigenvalue weighted by Crippen LogP contribution is -2.47. The summed E-state index contributed by atoms with van der Waals surface area (Å²) in [6.07, 6.45) is -0.701. The van der Waals surface area contributed by atoms with E-state index in [4.69, 9.17) is 16.3 Å². The molecule has 5 nitrogen and oxygen atoms in total. The zero-order chi connectivity index (χ0) is 14.4. The van der Waals surface area contributed by atoms with Gasteiger partial charge in [-0.25, -0.2) is 0 Å². The minimum Gasteiger partial charge on any atom is -0.481 e. The first-order valence-electron chi connectivity index (χ1n) is 5.88. The van der Waals surface area contributed by atoms with Gasteiger partial charge >= 0.3 is 0 Å². The smallest absolute Gasteiger partial charge is 0.261 e. The summed E-state index contributed by atoms with van der Waals surface area (Å²) in [6.45, 7) is 3.21. The van der Waals surface area contributed by atoms with Crippen molar-refractivity contribution in [2.24, 2.45) is 0 Å². The Labute approximate surface area is 117 Å². The van der Waals surface area contributed by atoms with Crippen LogP contribution in [0, 0.1) is 0 Å². The minimum atomic E-state index is -0.701. The number of rotatable bonds is 5. The number of likely N-dealkylation sites (N-methyl/N-ethyl adjacent to an activating group) is 1. The Morgan fingerprint density at radius 1 is 1.16 bits per heavy atom. The van der Waals surface area contributed by atoms with Crippen LogP contribution in [0.4, 0.5) is 0 Å². The summed E-state index contributed by atoms with van der Waals surface area (Å²) in [5, 5.41) is 5.61. The first-order valence-corrected chi connectivity index (χ1v) is 6.26. The van der Waals surface area contributed by atoms with E-state index in [-0.39, 0.29) is 11.8 Å². The van der Waals surface area contributed by atoms with Gasteiger partial charge in [0, 0.05) is 12.1 Å². The molecule has 0 saturated carbocycles. The average molecular weight is 285 g/mol. The van der Waals surface area contributed by atoms with Crippen LogP contribution in [0.25, 0.3) is 0 Å². The molecule has 0 bridgehead atoms. The van der Waals surface area contributed by atoms with E-state index in [2.05, 4.69) is 10.6 Å². The Kier molecular flexibility index (Phi) is 5.63. The third-order valence-electron chi connectivity index (χ3n) is 2.49. The summed E-state index contributed by atoms with van der Waals surface area (Å²) in [6, 6.07) is 6.10. The summed E-state index contributed by atoms with van der Waals surface area (Å²) in [4.78, 5) is 23.1. The van der Waals surface area contributed by atoms with Gasteiger partial charge in [0.05, 0.1) is 0 Å². The van der Waals surface area contributed by atoms with Crippen molar-refractivity contribution in [2.45, 2.75) is 26.0 Å². The number of amides is 2. The Morgan fingerprint density at radius 2 is 1.74 bits per heavy atom. The molecule has 2 atom stereocenters. The van der Waals surface area contributed by atoms with Crippen LogP contribution < -0.4 is 15.4 Å². The maximum absolute atomic E-state index is 11.8. The highest BCUT2D eigenvalue weighted by atomic mass is 35.5. The van der Waals surface area contributed by atoms with Gasteiger partial charge in [0.15, 0.2) is 6.10 Å². The van der Waals surface area contributed by atoms with Crippen molar-refractivity contribution in [1.82, 2.24) is 10.6 Å². The second kappa shape index (κ2) is 6.99. The van der Waals surface area contributed by atoms with Crippen LogP contribution in [-0.4, -0.2) is 31.0 Å². The van der Waals surface area contributed by atoms with Crippen molar-refractivity contribution in [3.05, 3.63) is 29.3 Å². The van der Waals surface area contributed by atoms with E-state index in [9.17, 15) is 9.59 Å². The van der Waals surface area contributed by atoms with Crippen LogP contribution in [0.5, 0.6) is 5.75 Å². The van der Waals surface area contributed by atoms with Crippen molar-refractivity contribution in [3.63, 3.8) is 0 Å². The monoisotopic (exact) mass is 284 g/mol. The average Bonchev–Trinajstić information content (AvgIpc) is 2.40. The molecule has 1 aromatic carbocycles. The zero-order valence-electron chi connectivity index (χ0n) is 11.1. The molecule has 19 heavy (non-hydrogen) atoms. The van der Waals surface area contributed by atoms with Gasteiger partial charge in [0.2, 0.25) is 5.91 Å². The zero-order valence-corrected chi connectivity index (χ0v) is 11.8. The van der Waals surface area contributed by atoms with Crippen molar-refractivity contribution in [2.75, 3.05) is 7.05 Å². The molecule has 2 amide bonds. The lowest BCUT2D eigenvalue weighted by atomic mass is 10.2. The largest absolute Gasteiger partial charge is 0.481 e. The van der Waals surface area contributed by atoms with Crippen LogP contribution in [0.15, 0.2) is 24.3 Å². The topological polar surface area (TPSA) is 67.4 Å². The molecule has 1 aromatic rings. The normalized spacial score (nSPS) is 13.3. The number of ether oxygens (including phenoxy) is 1. The Balaban J connectivity index is 2.53. The van der Waals surface area contributed by atoms with E-state index in [1.807, 2.05) is 0 Å². The van der Waals surface area contributed by atoms with Gasteiger partial charge in [0.25, 0.3) is 5.91 Å². The molecule has 2 unspecified atom stereocenters. The van der Waals surface area contributed by atoms with E-state index in [0.717, 1.165) is 0 Å². The molecule has 0 spiro atoms. The number of hydrogen-bond acceptors (Lipinski definition) is 3.